The number of nitrogens with two attached hydrogens (primary N) is 1. The molecule has 0 amide bonds. The number of hydrogen-bond donors (Lipinski definition) is 1. The van der Waals surface area contributed by atoms with Crippen LogP contribution in [0, 0.1) is 24.5 Å². The van der Waals surface area contributed by atoms with Gasteiger partial charge in [0.2, 0.25) is 0 Å². The standard InChI is InChI=1S/C16H23F2N/c1-3-4-11-6-8-14(19)12(9-11)15-13(17)7-5-10(2)16(15)18/h5,7,11-12,14H,3-4,6,8-9,19H2,1-2H3. The third-order valence-corrected chi connectivity index (χ3v) is 4.40. The Balaban J connectivity index is 2.31. The second-order valence-electron chi connectivity index (χ2n) is 5.83. The van der Waals surface area contributed by atoms with Crippen molar-refractivity contribution in [3.8, 4) is 0 Å². The first-order chi connectivity index (χ1) is 9.04. The van der Waals surface area contributed by atoms with Crippen molar-refractivity contribution in [2.45, 2.75) is 57.9 Å². The number of rotatable bonds is 3. The summed E-state index contributed by atoms with van der Waals surface area (Å²) in [5, 5.41) is 0. The summed E-state index contributed by atoms with van der Waals surface area (Å²) in [6.07, 6.45) is 5.00. The monoisotopic (exact) mass is 267 g/mol. The van der Waals surface area contributed by atoms with E-state index < -0.39 is 11.6 Å². The first kappa shape index (κ1) is 14.4. The van der Waals surface area contributed by atoms with Crippen LogP contribution in [0.2, 0.25) is 0 Å². The predicted molar refractivity (Wildman–Crippen MR) is 74.1 cm³/mol. The predicted octanol–water partition coefficient (Wildman–Crippen LogP) is 4.28. The largest absolute Gasteiger partial charge is 0.327 e. The minimum atomic E-state index is -0.444. The molecule has 1 fully saturated rings. The average Bonchev–Trinajstić information content (AvgIpc) is 2.38. The molecule has 0 spiro atoms. The van der Waals surface area contributed by atoms with Gasteiger partial charge < -0.3 is 5.73 Å². The van der Waals surface area contributed by atoms with Gasteiger partial charge in [-0.15, -0.1) is 0 Å². The number of halogens is 2. The molecular weight excluding hydrogens is 244 g/mol. The molecule has 0 aromatic heterocycles. The van der Waals surface area contributed by atoms with Crippen molar-refractivity contribution in [3.63, 3.8) is 0 Å². The minimum absolute atomic E-state index is 0.126. The van der Waals surface area contributed by atoms with E-state index in [0.717, 1.165) is 32.1 Å². The summed E-state index contributed by atoms with van der Waals surface area (Å²) in [5.74, 6) is -0.474. The van der Waals surface area contributed by atoms with E-state index in [4.69, 9.17) is 5.73 Å². The fourth-order valence-electron chi connectivity index (χ4n) is 3.30. The van der Waals surface area contributed by atoms with Crippen molar-refractivity contribution in [2.75, 3.05) is 0 Å². The molecule has 0 saturated heterocycles. The van der Waals surface area contributed by atoms with Gasteiger partial charge in [0, 0.05) is 17.5 Å². The molecule has 0 aliphatic heterocycles. The Labute approximate surface area is 114 Å². The summed E-state index contributed by atoms with van der Waals surface area (Å²) < 4.78 is 28.2. The molecule has 2 N–H and O–H groups in total. The molecule has 2 rings (SSSR count). The molecule has 3 atom stereocenters. The van der Waals surface area contributed by atoms with Crippen LogP contribution in [0.5, 0.6) is 0 Å². The van der Waals surface area contributed by atoms with Crippen LogP contribution < -0.4 is 5.73 Å². The molecule has 1 nitrogen and oxygen atoms in total. The maximum absolute atomic E-state index is 14.2. The first-order valence-corrected chi connectivity index (χ1v) is 7.24. The maximum Gasteiger partial charge on any atom is 0.132 e. The van der Waals surface area contributed by atoms with Crippen LogP contribution in [-0.2, 0) is 0 Å². The van der Waals surface area contributed by atoms with Crippen LogP contribution in [0.25, 0.3) is 0 Å². The second-order valence-corrected chi connectivity index (χ2v) is 5.83. The molecular formula is C16H23F2N. The molecule has 0 radical (unpaired) electrons. The molecule has 1 aliphatic carbocycles. The highest BCUT2D eigenvalue weighted by atomic mass is 19.1. The Morgan fingerprint density at radius 1 is 1.26 bits per heavy atom. The van der Waals surface area contributed by atoms with E-state index in [1.165, 1.54) is 12.1 Å². The van der Waals surface area contributed by atoms with E-state index in [1.54, 1.807) is 6.92 Å². The van der Waals surface area contributed by atoms with Gasteiger partial charge in [-0.2, -0.15) is 0 Å². The highest BCUT2D eigenvalue weighted by Crippen LogP contribution is 2.39. The average molecular weight is 267 g/mol. The van der Waals surface area contributed by atoms with Gasteiger partial charge in [-0.1, -0.05) is 25.8 Å². The third-order valence-electron chi connectivity index (χ3n) is 4.40. The first-order valence-electron chi connectivity index (χ1n) is 7.24. The molecule has 1 aliphatic rings. The smallest absolute Gasteiger partial charge is 0.132 e. The van der Waals surface area contributed by atoms with E-state index >= 15 is 0 Å². The summed E-state index contributed by atoms with van der Waals surface area (Å²) in [6, 6.07) is 2.73. The van der Waals surface area contributed by atoms with Crippen LogP contribution in [-0.4, -0.2) is 6.04 Å². The topological polar surface area (TPSA) is 26.0 Å². The molecule has 3 heteroatoms. The lowest BCUT2D eigenvalue weighted by Gasteiger charge is -2.35. The summed E-state index contributed by atoms with van der Waals surface area (Å²) in [7, 11) is 0. The third kappa shape index (κ3) is 2.97. The molecule has 1 aromatic carbocycles. The molecule has 0 bridgehead atoms. The molecule has 1 aromatic rings. The van der Waals surface area contributed by atoms with Crippen molar-refractivity contribution in [1.29, 1.82) is 0 Å². The van der Waals surface area contributed by atoms with E-state index in [-0.39, 0.29) is 17.5 Å². The fourth-order valence-corrected chi connectivity index (χ4v) is 3.30. The summed E-state index contributed by atoms with van der Waals surface area (Å²) in [5.41, 5.74) is 6.84. The summed E-state index contributed by atoms with van der Waals surface area (Å²) in [4.78, 5) is 0. The highest BCUT2D eigenvalue weighted by Gasteiger charge is 2.32. The van der Waals surface area contributed by atoms with Crippen molar-refractivity contribution in [2.24, 2.45) is 11.7 Å². The normalized spacial score (nSPS) is 27.5. The molecule has 106 valence electrons. The Morgan fingerprint density at radius 2 is 2.00 bits per heavy atom. The molecule has 0 heterocycles. The lowest BCUT2D eigenvalue weighted by Crippen LogP contribution is -2.35. The molecule has 3 unspecified atom stereocenters. The molecule has 19 heavy (non-hydrogen) atoms. The number of hydrogen-bond acceptors (Lipinski definition) is 1. The zero-order valence-corrected chi connectivity index (χ0v) is 11.8. The van der Waals surface area contributed by atoms with E-state index in [1.807, 2.05) is 0 Å². The lowest BCUT2D eigenvalue weighted by atomic mass is 9.73. The Kier molecular flexibility index (Phi) is 4.56. The van der Waals surface area contributed by atoms with Crippen molar-refractivity contribution in [3.05, 3.63) is 34.9 Å². The van der Waals surface area contributed by atoms with E-state index in [9.17, 15) is 8.78 Å². The van der Waals surface area contributed by atoms with Crippen LogP contribution >= 0.6 is 0 Å². The summed E-state index contributed by atoms with van der Waals surface area (Å²) in [6.45, 7) is 3.83. The number of benzene rings is 1. The van der Waals surface area contributed by atoms with E-state index in [0.29, 0.717) is 11.5 Å². The summed E-state index contributed by atoms with van der Waals surface area (Å²) >= 11 is 0. The van der Waals surface area contributed by atoms with Gasteiger partial charge in [-0.05, 0) is 43.7 Å². The lowest BCUT2D eigenvalue weighted by molar-refractivity contribution is 0.266. The van der Waals surface area contributed by atoms with Gasteiger partial charge in [-0.25, -0.2) is 8.78 Å². The fraction of sp³-hybridized carbons (Fsp3) is 0.625. The van der Waals surface area contributed by atoms with Crippen LogP contribution in [0.3, 0.4) is 0 Å². The zero-order valence-electron chi connectivity index (χ0n) is 11.8. The quantitative estimate of drug-likeness (QED) is 0.869. The highest BCUT2D eigenvalue weighted by molar-refractivity contribution is 5.31. The SMILES string of the molecule is CCCC1CCC(N)C(c2c(F)ccc(C)c2F)C1. The Bertz CT molecular complexity index is 445. The van der Waals surface area contributed by atoms with Crippen LogP contribution in [0.15, 0.2) is 12.1 Å². The van der Waals surface area contributed by atoms with Gasteiger partial charge in [0.1, 0.15) is 11.6 Å². The number of aryl methyl sites for hydroxylation is 1. The zero-order chi connectivity index (χ0) is 14.0. The van der Waals surface area contributed by atoms with Crippen molar-refractivity contribution in [1.82, 2.24) is 0 Å². The Hall–Kier alpha value is -0.960. The maximum atomic E-state index is 14.2. The van der Waals surface area contributed by atoms with Gasteiger partial charge >= 0.3 is 0 Å². The minimum Gasteiger partial charge on any atom is -0.327 e. The van der Waals surface area contributed by atoms with Gasteiger partial charge in [0.15, 0.2) is 0 Å². The van der Waals surface area contributed by atoms with Crippen LogP contribution in [0.4, 0.5) is 8.78 Å². The second kappa shape index (κ2) is 6.00. The van der Waals surface area contributed by atoms with E-state index in [2.05, 4.69) is 6.92 Å². The van der Waals surface area contributed by atoms with Crippen LogP contribution in [0.1, 0.15) is 56.1 Å². The van der Waals surface area contributed by atoms with Crippen molar-refractivity contribution >= 4 is 0 Å². The molecule has 1 saturated carbocycles. The van der Waals surface area contributed by atoms with Gasteiger partial charge in [-0.3, -0.25) is 0 Å². The Morgan fingerprint density at radius 3 is 2.68 bits per heavy atom. The van der Waals surface area contributed by atoms with Gasteiger partial charge in [0.05, 0.1) is 0 Å². The van der Waals surface area contributed by atoms with Gasteiger partial charge in [0.25, 0.3) is 0 Å². The van der Waals surface area contributed by atoms with Crippen molar-refractivity contribution < 1.29 is 8.78 Å².